The largest absolute Gasteiger partial charge is 0.309 e. The molecule has 0 saturated heterocycles. The number of benzene rings is 11. The van der Waals surface area contributed by atoms with Gasteiger partial charge in [-0.15, -0.1) is 0 Å². The summed E-state index contributed by atoms with van der Waals surface area (Å²) in [6.07, 6.45) is 0. The number of fused-ring (bicyclic) bond motifs is 8. The van der Waals surface area contributed by atoms with Crippen molar-refractivity contribution < 1.29 is 0 Å². The highest BCUT2D eigenvalue weighted by molar-refractivity contribution is 6.22. The summed E-state index contributed by atoms with van der Waals surface area (Å²) < 4.78 is 4.83. The number of aromatic nitrogens is 2. The molecule has 0 atom stereocenters. The van der Waals surface area contributed by atoms with E-state index in [0.29, 0.717) is 0 Å². The summed E-state index contributed by atoms with van der Waals surface area (Å²) >= 11 is 0. The molecule has 0 aliphatic rings. The number of para-hydroxylation sites is 2. The minimum absolute atomic E-state index is 0.0404. The van der Waals surface area contributed by atoms with Crippen LogP contribution in [0.1, 0.15) is 63.8 Å². The molecule has 2 nitrogen and oxygen atoms in total. The monoisotopic (exact) mass is 952 g/mol. The summed E-state index contributed by atoms with van der Waals surface area (Å²) in [5.74, 6) is 0. The van der Waals surface area contributed by atoms with Crippen molar-refractivity contribution in [1.29, 1.82) is 0 Å². The zero-order chi connectivity index (χ0) is 50.6. The number of hydrogen-bond acceptors (Lipinski definition) is 0. The molecule has 0 unspecified atom stereocenters. The number of hydrogen-bond donors (Lipinski definition) is 0. The van der Waals surface area contributed by atoms with Crippen LogP contribution >= 0.6 is 0 Å². The van der Waals surface area contributed by atoms with E-state index in [1.54, 1.807) is 0 Å². The lowest BCUT2D eigenvalue weighted by Gasteiger charge is -2.19. The van der Waals surface area contributed by atoms with E-state index in [1.807, 2.05) is 0 Å². The first-order chi connectivity index (χ1) is 35.8. The number of rotatable bonds is 6. The van der Waals surface area contributed by atoms with Gasteiger partial charge in [0.25, 0.3) is 0 Å². The highest BCUT2D eigenvalue weighted by atomic mass is 15.0. The Kier molecular flexibility index (Phi) is 10.5. The Hall–Kier alpha value is -8.46. The predicted molar refractivity (Wildman–Crippen MR) is 319 cm³/mol. The smallest absolute Gasteiger partial charge is 0.0541 e. The van der Waals surface area contributed by atoms with Crippen LogP contribution in [0, 0.1) is 13.8 Å². The second kappa shape index (κ2) is 17.1. The molecule has 0 N–H and O–H groups in total. The normalized spacial score (nSPS) is 12.3. The second-order valence-corrected chi connectivity index (χ2v) is 22.7. The Morgan fingerprint density at radius 1 is 0.257 bits per heavy atom. The lowest BCUT2D eigenvalue weighted by atomic mass is 9.84. The van der Waals surface area contributed by atoms with Gasteiger partial charge in [-0.25, -0.2) is 0 Å². The second-order valence-electron chi connectivity index (χ2n) is 22.7. The van der Waals surface area contributed by atoms with Crippen molar-refractivity contribution >= 4 is 65.2 Å². The van der Waals surface area contributed by atoms with E-state index in [9.17, 15) is 0 Å². The van der Waals surface area contributed by atoms with Crippen LogP contribution in [-0.2, 0) is 10.8 Å². The quantitative estimate of drug-likeness (QED) is 0.147. The lowest BCUT2D eigenvalue weighted by Crippen LogP contribution is -2.10. The van der Waals surface area contributed by atoms with Gasteiger partial charge in [-0.1, -0.05) is 187 Å². The summed E-state index contributed by atoms with van der Waals surface area (Å²) in [7, 11) is 0. The van der Waals surface area contributed by atoms with Gasteiger partial charge in [-0.2, -0.15) is 0 Å². The third kappa shape index (κ3) is 7.46. The van der Waals surface area contributed by atoms with Crippen molar-refractivity contribution in [1.82, 2.24) is 9.13 Å². The first kappa shape index (κ1) is 45.4. The number of nitrogens with zero attached hydrogens (tertiary/aromatic N) is 2. The van der Waals surface area contributed by atoms with Crippen LogP contribution in [0.5, 0.6) is 0 Å². The van der Waals surface area contributed by atoms with Crippen molar-refractivity contribution in [3.05, 3.63) is 241 Å². The molecule has 13 rings (SSSR count). The third-order valence-electron chi connectivity index (χ3n) is 15.9. The van der Waals surface area contributed by atoms with E-state index in [1.165, 1.54) is 143 Å². The van der Waals surface area contributed by atoms with Crippen molar-refractivity contribution in [2.24, 2.45) is 0 Å². The van der Waals surface area contributed by atoms with Crippen LogP contribution in [0.25, 0.3) is 121 Å². The van der Waals surface area contributed by atoms with Gasteiger partial charge in [0.1, 0.15) is 0 Å². The Balaban J connectivity index is 0.909. The van der Waals surface area contributed by atoms with Crippen LogP contribution in [0.3, 0.4) is 0 Å². The van der Waals surface area contributed by atoms with Gasteiger partial charge in [0.15, 0.2) is 0 Å². The Labute approximate surface area is 434 Å². The van der Waals surface area contributed by atoms with E-state index >= 15 is 0 Å². The average Bonchev–Trinajstić information content (AvgIpc) is 3.93. The highest BCUT2D eigenvalue weighted by Gasteiger charge is 2.22. The molecule has 0 radical (unpaired) electrons. The SMILES string of the molecule is Cc1cc2c(-c3ccc(-c4ccc5c(c4)c4cc(C(C)(C)C)ccc4n5-c4ccccc4)cc3)c3ccccc3c(-c3ccc(-c4ccc5c(c4)c4cc(C(C)(C)C)ccc4n5-c4ccccc4)cc3)c2cc1C. The predicted octanol–water partition coefficient (Wildman–Crippen LogP) is 20.1. The first-order valence-corrected chi connectivity index (χ1v) is 26.2. The summed E-state index contributed by atoms with van der Waals surface area (Å²) in [6, 6.07) is 82.1. The van der Waals surface area contributed by atoms with E-state index < -0.39 is 0 Å². The third-order valence-corrected chi connectivity index (χ3v) is 15.9. The minimum atomic E-state index is 0.0404. The molecule has 0 amide bonds. The maximum atomic E-state index is 2.42. The van der Waals surface area contributed by atoms with Gasteiger partial charge in [-0.3, -0.25) is 0 Å². The molecule has 0 aliphatic carbocycles. The Bertz CT molecular complexity index is 4060. The van der Waals surface area contributed by atoms with Crippen molar-refractivity contribution in [3.8, 4) is 55.9 Å². The van der Waals surface area contributed by atoms with Crippen LogP contribution in [0.15, 0.2) is 218 Å². The zero-order valence-electron chi connectivity index (χ0n) is 43.7. The molecule has 0 bridgehead atoms. The molecule has 0 fully saturated rings. The van der Waals surface area contributed by atoms with Crippen molar-refractivity contribution in [2.75, 3.05) is 0 Å². The molecular weight excluding hydrogens is 893 g/mol. The fraction of sp³-hybridized carbons (Fsp3) is 0.139. The van der Waals surface area contributed by atoms with Crippen LogP contribution in [0.2, 0.25) is 0 Å². The molecule has 0 aliphatic heterocycles. The fourth-order valence-electron chi connectivity index (χ4n) is 11.8. The molecule has 11 aromatic carbocycles. The standard InChI is InChI=1S/C72H60N2/c1-45-39-63-64(40-46(45)2)70(50-29-25-48(26-30-50)52-32-36-66-60(42-52)62-44-54(72(6,7)8)34-38-68(62)74(66)56-19-13-10-14-20-56)58-22-16-15-21-57(58)69(63)49-27-23-47(24-28-49)51-31-35-65-59(41-51)61-43-53(71(3,4)5)33-37-67(61)73(65)55-17-11-9-12-18-55/h9-44H,1-8H3. The average molecular weight is 953 g/mol. The summed E-state index contributed by atoms with van der Waals surface area (Å²) in [4.78, 5) is 0. The summed E-state index contributed by atoms with van der Waals surface area (Å²) in [6.45, 7) is 18.3. The number of aryl methyl sites for hydroxylation is 2. The maximum Gasteiger partial charge on any atom is 0.0541 e. The van der Waals surface area contributed by atoms with E-state index in [0.717, 1.165) is 0 Å². The molecule has 0 saturated carbocycles. The molecule has 358 valence electrons. The Morgan fingerprint density at radius 2 is 0.568 bits per heavy atom. The Morgan fingerprint density at radius 3 is 0.932 bits per heavy atom. The lowest BCUT2D eigenvalue weighted by molar-refractivity contribution is 0.591. The van der Waals surface area contributed by atoms with Gasteiger partial charge in [-0.05, 0) is 186 Å². The van der Waals surface area contributed by atoms with Crippen LogP contribution in [0.4, 0.5) is 0 Å². The highest BCUT2D eigenvalue weighted by Crippen LogP contribution is 2.46. The van der Waals surface area contributed by atoms with Gasteiger partial charge in [0.2, 0.25) is 0 Å². The molecule has 2 heteroatoms. The molecular formula is C72H60N2. The van der Waals surface area contributed by atoms with Crippen LogP contribution in [-0.4, -0.2) is 9.13 Å². The molecule has 13 aromatic rings. The maximum absolute atomic E-state index is 2.42. The van der Waals surface area contributed by atoms with Crippen molar-refractivity contribution in [3.63, 3.8) is 0 Å². The topological polar surface area (TPSA) is 9.86 Å². The van der Waals surface area contributed by atoms with Crippen molar-refractivity contribution in [2.45, 2.75) is 66.2 Å². The van der Waals surface area contributed by atoms with Gasteiger partial charge < -0.3 is 9.13 Å². The zero-order valence-corrected chi connectivity index (χ0v) is 43.7. The molecule has 2 heterocycles. The van der Waals surface area contributed by atoms with E-state index in [4.69, 9.17) is 0 Å². The summed E-state index contributed by atoms with van der Waals surface area (Å²) in [5.41, 5.74) is 22.4. The summed E-state index contributed by atoms with van der Waals surface area (Å²) in [5, 5.41) is 10.2. The van der Waals surface area contributed by atoms with Gasteiger partial charge in [0.05, 0.1) is 22.1 Å². The van der Waals surface area contributed by atoms with E-state index in [-0.39, 0.29) is 10.8 Å². The molecule has 74 heavy (non-hydrogen) atoms. The van der Waals surface area contributed by atoms with Gasteiger partial charge >= 0.3 is 0 Å². The van der Waals surface area contributed by atoms with Crippen LogP contribution < -0.4 is 0 Å². The molecule has 0 spiro atoms. The minimum Gasteiger partial charge on any atom is -0.309 e. The van der Waals surface area contributed by atoms with E-state index in [2.05, 4.69) is 283 Å². The first-order valence-electron chi connectivity index (χ1n) is 26.2. The molecule has 2 aromatic heterocycles. The fourth-order valence-corrected chi connectivity index (χ4v) is 11.8. The van der Waals surface area contributed by atoms with Gasteiger partial charge in [0, 0.05) is 32.9 Å².